The molecule has 0 radical (unpaired) electrons. The second-order valence-corrected chi connectivity index (χ2v) is 7.21. The number of halogens is 1. The van der Waals surface area contributed by atoms with Crippen molar-refractivity contribution in [3.8, 4) is 11.5 Å². The van der Waals surface area contributed by atoms with Crippen LogP contribution in [0.1, 0.15) is 25.0 Å². The maximum Gasteiger partial charge on any atom is 0.172 e. The Morgan fingerprint density at radius 1 is 1.00 bits per heavy atom. The number of thiocarbonyl (C=S) groups is 1. The van der Waals surface area contributed by atoms with E-state index < -0.39 is 0 Å². The number of nitrogens with one attached hydrogen (secondary N) is 2. The van der Waals surface area contributed by atoms with Crippen molar-refractivity contribution in [3.63, 3.8) is 0 Å². The Balaban J connectivity index is 1.47. The molecule has 3 rings (SSSR count). The van der Waals surface area contributed by atoms with Gasteiger partial charge in [0, 0.05) is 18.8 Å². The normalized spacial score (nSPS) is 10.5. The van der Waals surface area contributed by atoms with Crippen molar-refractivity contribution in [1.29, 1.82) is 0 Å². The van der Waals surface area contributed by atoms with Crippen LogP contribution in [0.25, 0.3) is 0 Å². The first kappa shape index (κ1) is 22.6. The third-order valence-electron chi connectivity index (χ3n) is 4.45. The van der Waals surface area contributed by atoms with Crippen LogP contribution in [0, 0.1) is 5.82 Å². The number of nitrogens with zero attached hydrogens (tertiary/aromatic N) is 2. The van der Waals surface area contributed by atoms with Crippen LogP contribution >= 0.6 is 12.2 Å². The van der Waals surface area contributed by atoms with Crippen LogP contribution in [0.4, 0.5) is 10.2 Å². The molecule has 0 saturated heterocycles. The van der Waals surface area contributed by atoms with Crippen molar-refractivity contribution in [2.45, 2.75) is 26.8 Å². The molecule has 0 saturated carbocycles. The molecule has 8 heteroatoms. The average Bonchev–Trinajstić information content (AvgIpc) is 3.18. The van der Waals surface area contributed by atoms with Crippen molar-refractivity contribution in [1.82, 2.24) is 15.1 Å². The molecule has 3 aromatic rings. The molecule has 0 bridgehead atoms. The maximum atomic E-state index is 13.0. The summed E-state index contributed by atoms with van der Waals surface area (Å²) in [5.74, 6) is 1.92. The molecule has 31 heavy (non-hydrogen) atoms. The minimum absolute atomic E-state index is 0.248. The van der Waals surface area contributed by atoms with E-state index in [0.717, 1.165) is 29.0 Å². The number of benzene rings is 2. The monoisotopic (exact) mass is 442 g/mol. The zero-order valence-electron chi connectivity index (χ0n) is 17.7. The van der Waals surface area contributed by atoms with Gasteiger partial charge < -0.3 is 20.1 Å². The highest BCUT2D eigenvalue weighted by atomic mass is 32.1. The summed E-state index contributed by atoms with van der Waals surface area (Å²) in [7, 11) is 0. The van der Waals surface area contributed by atoms with Crippen LogP contribution in [0.2, 0.25) is 0 Å². The van der Waals surface area contributed by atoms with Gasteiger partial charge in [-0.05, 0) is 67.9 Å². The number of hydrogen-bond acceptors (Lipinski definition) is 4. The van der Waals surface area contributed by atoms with Gasteiger partial charge in [0.2, 0.25) is 0 Å². The molecule has 2 N–H and O–H groups in total. The molecular weight excluding hydrogens is 415 g/mol. The Labute approximate surface area is 187 Å². The van der Waals surface area contributed by atoms with Crippen LogP contribution < -0.4 is 20.1 Å². The lowest BCUT2D eigenvalue weighted by atomic mass is 10.1. The third-order valence-corrected chi connectivity index (χ3v) is 4.69. The van der Waals surface area contributed by atoms with Crippen LogP contribution in [-0.2, 0) is 13.0 Å². The van der Waals surface area contributed by atoms with Gasteiger partial charge in [0.25, 0.3) is 0 Å². The fourth-order valence-corrected chi connectivity index (χ4v) is 3.23. The van der Waals surface area contributed by atoms with Crippen molar-refractivity contribution in [2.75, 3.05) is 25.1 Å². The first-order chi connectivity index (χ1) is 15.1. The van der Waals surface area contributed by atoms with Gasteiger partial charge in [-0.3, -0.25) is 4.68 Å². The average molecular weight is 443 g/mol. The molecule has 0 spiro atoms. The SMILES string of the molecule is CCOc1ccc(CCNC(=S)Nc2ccn(Cc3ccc(F)cc3)n2)cc1OCC. The Kier molecular flexibility index (Phi) is 8.23. The van der Waals surface area contributed by atoms with Gasteiger partial charge in [0.15, 0.2) is 22.4 Å². The Morgan fingerprint density at radius 3 is 2.45 bits per heavy atom. The summed E-state index contributed by atoms with van der Waals surface area (Å²) in [6.07, 6.45) is 2.64. The lowest BCUT2D eigenvalue weighted by Crippen LogP contribution is -2.30. The molecule has 6 nitrogen and oxygen atoms in total. The quantitative estimate of drug-likeness (QED) is 0.454. The second-order valence-electron chi connectivity index (χ2n) is 6.80. The minimum Gasteiger partial charge on any atom is -0.490 e. The molecule has 0 aliphatic carbocycles. The van der Waals surface area contributed by atoms with Crippen LogP contribution in [0.15, 0.2) is 54.7 Å². The molecule has 0 amide bonds. The number of anilines is 1. The summed E-state index contributed by atoms with van der Waals surface area (Å²) in [5.41, 5.74) is 2.10. The Hall–Kier alpha value is -3.13. The van der Waals surface area contributed by atoms with E-state index >= 15 is 0 Å². The summed E-state index contributed by atoms with van der Waals surface area (Å²) in [5, 5.41) is 11.2. The van der Waals surface area contributed by atoms with E-state index in [0.29, 0.717) is 37.2 Å². The zero-order chi connectivity index (χ0) is 22.1. The van der Waals surface area contributed by atoms with E-state index in [-0.39, 0.29) is 5.82 Å². The summed E-state index contributed by atoms with van der Waals surface area (Å²) in [6, 6.07) is 14.2. The minimum atomic E-state index is -0.248. The molecule has 0 fully saturated rings. The van der Waals surface area contributed by atoms with E-state index in [1.165, 1.54) is 12.1 Å². The van der Waals surface area contributed by atoms with Crippen molar-refractivity contribution in [3.05, 3.63) is 71.7 Å². The van der Waals surface area contributed by atoms with E-state index in [2.05, 4.69) is 15.7 Å². The number of aromatic nitrogens is 2. The summed E-state index contributed by atoms with van der Waals surface area (Å²) in [4.78, 5) is 0. The molecule has 0 aliphatic rings. The van der Waals surface area contributed by atoms with Gasteiger partial charge in [0.1, 0.15) is 5.82 Å². The molecule has 164 valence electrons. The van der Waals surface area contributed by atoms with E-state index in [4.69, 9.17) is 21.7 Å². The Morgan fingerprint density at radius 2 is 1.71 bits per heavy atom. The fraction of sp³-hybridized carbons (Fsp3) is 0.304. The highest BCUT2D eigenvalue weighted by Gasteiger charge is 2.07. The molecular formula is C23H27FN4O2S. The van der Waals surface area contributed by atoms with Crippen LogP contribution in [0.5, 0.6) is 11.5 Å². The maximum absolute atomic E-state index is 13.0. The number of rotatable bonds is 10. The molecule has 0 atom stereocenters. The number of hydrogen-bond donors (Lipinski definition) is 2. The van der Waals surface area contributed by atoms with Crippen LogP contribution in [-0.4, -0.2) is 34.7 Å². The second kappa shape index (κ2) is 11.3. The third kappa shape index (κ3) is 6.96. The predicted octanol–water partition coefficient (Wildman–Crippen LogP) is 4.40. The topological polar surface area (TPSA) is 60.3 Å². The lowest BCUT2D eigenvalue weighted by molar-refractivity contribution is 0.287. The standard InChI is InChI=1S/C23H27FN4O2S/c1-3-29-20-10-7-17(15-21(20)30-4-2)11-13-25-23(31)26-22-12-14-28(27-22)16-18-5-8-19(24)9-6-18/h5-10,12,14-15H,3-4,11,13,16H2,1-2H3,(H2,25,26,27,31). The number of ether oxygens (including phenoxy) is 2. The summed E-state index contributed by atoms with van der Waals surface area (Å²) in [6.45, 7) is 6.32. The van der Waals surface area contributed by atoms with Crippen molar-refractivity contribution < 1.29 is 13.9 Å². The molecule has 0 aliphatic heterocycles. The van der Waals surface area contributed by atoms with E-state index in [9.17, 15) is 4.39 Å². The van der Waals surface area contributed by atoms with Gasteiger partial charge in [-0.1, -0.05) is 18.2 Å². The highest BCUT2D eigenvalue weighted by molar-refractivity contribution is 7.80. The molecule has 1 heterocycles. The molecule has 1 aromatic heterocycles. The van der Waals surface area contributed by atoms with Crippen molar-refractivity contribution >= 4 is 23.1 Å². The van der Waals surface area contributed by atoms with Gasteiger partial charge in [-0.15, -0.1) is 0 Å². The van der Waals surface area contributed by atoms with Gasteiger partial charge in [0.05, 0.1) is 19.8 Å². The van der Waals surface area contributed by atoms with Gasteiger partial charge >= 0.3 is 0 Å². The highest BCUT2D eigenvalue weighted by Crippen LogP contribution is 2.28. The van der Waals surface area contributed by atoms with Gasteiger partial charge in [-0.25, -0.2) is 4.39 Å². The largest absolute Gasteiger partial charge is 0.490 e. The zero-order valence-corrected chi connectivity index (χ0v) is 18.5. The van der Waals surface area contributed by atoms with Crippen molar-refractivity contribution in [2.24, 2.45) is 0 Å². The first-order valence-electron chi connectivity index (χ1n) is 10.3. The summed E-state index contributed by atoms with van der Waals surface area (Å²) >= 11 is 5.37. The van der Waals surface area contributed by atoms with E-state index in [1.54, 1.807) is 16.8 Å². The molecule has 2 aromatic carbocycles. The molecule has 0 unspecified atom stereocenters. The Bertz CT molecular complexity index is 991. The summed E-state index contributed by atoms with van der Waals surface area (Å²) < 4.78 is 26.1. The lowest BCUT2D eigenvalue weighted by Gasteiger charge is -2.13. The predicted molar refractivity (Wildman–Crippen MR) is 124 cm³/mol. The van der Waals surface area contributed by atoms with Crippen LogP contribution in [0.3, 0.4) is 0 Å². The van der Waals surface area contributed by atoms with E-state index in [1.807, 2.05) is 44.3 Å². The van der Waals surface area contributed by atoms with Gasteiger partial charge in [-0.2, -0.15) is 5.10 Å². The first-order valence-corrected chi connectivity index (χ1v) is 10.7. The fourth-order valence-electron chi connectivity index (χ4n) is 3.03. The smallest absolute Gasteiger partial charge is 0.172 e.